The van der Waals surface area contributed by atoms with E-state index in [2.05, 4.69) is 5.32 Å². The number of hydrogen-bond donors (Lipinski definition) is 1. The van der Waals surface area contributed by atoms with Crippen molar-refractivity contribution in [3.63, 3.8) is 0 Å². The van der Waals surface area contributed by atoms with Crippen molar-refractivity contribution in [2.45, 2.75) is 24.3 Å². The fourth-order valence-electron chi connectivity index (χ4n) is 2.82. The van der Waals surface area contributed by atoms with Crippen molar-refractivity contribution in [1.82, 2.24) is 5.32 Å². The molecule has 1 aliphatic rings. The first-order valence-electron chi connectivity index (χ1n) is 7.68. The van der Waals surface area contributed by atoms with E-state index in [9.17, 15) is 13.2 Å². The van der Waals surface area contributed by atoms with E-state index in [0.717, 1.165) is 24.0 Å². The number of rotatable bonds is 4. The van der Waals surface area contributed by atoms with Crippen LogP contribution in [0.2, 0.25) is 0 Å². The summed E-state index contributed by atoms with van der Waals surface area (Å²) >= 11 is 0. The molecule has 0 spiro atoms. The minimum Gasteiger partial charge on any atom is -0.488 e. The summed E-state index contributed by atoms with van der Waals surface area (Å²) in [5, 5.41) is 2.82. The van der Waals surface area contributed by atoms with Gasteiger partial charge in [0.25, 0.3) is 5.91 Å². The van der Waals surface area contributed by atoms with E-state index in [1.165, 1.54) is 6.07 Å². The Kier molecular flexibility index (Phi) is 4.32. The molecule has 2 aromatic rings. The van der Waals surface area contributed by atoms with E-state index in [1.54, 1.807) is 19.1 Å². The minimum atomic E-state index is -3.36. The quantitative estimate of drug-likeness (QED) is 0.921. The molecular weight excluding hydrogens is 326 g/mol. The van der Waals surface area contributed by atoms with Gasteiger partial charge in [0, 0.05) is 18.2 Å². The van der Waals surface area contributed by atoms with Crippen LogP contribution in [0.4, 0.5) is 0 Å². The van der Waals surface area contributed by atoms with Crippen LogP contribution in [0.1, 0.15) is 21.5 Å². The molecule has 24 heavy (non-hydrogen) atoms. The van der Waals surface area contributed by atoms with E-state index in [-0.39, 0.29) is 16.9 Å². The SMILES string of the molecule is Cc1ccc(C(=O)NCC2Cc3ccccc3O2)cc1S(C)(=O)=O. The van der Waals surface area contributed by atoms with Crippen molar-refractivity contribution in [3.05, 3.63) is 59.2 Å². The van der Waals surface area contributed by atoms with Crippen LogP contribution >= 0.6 is 0 Å². The third kappa shape index (κ3) is 3.43. The molecule has 0 bridgehead atoms. The predicted octanol–water partition coefficient (Wildman–Crippen LogP) is 2.13. The second kappa shape index (κ2) is 6.28. The average Bonchev–Trinajstić information content (AvgIpc) is 2.94. The summed E-state index contributed by atoms with van der Waals surface area (Å²) in [7, 11) is -3.36. The highest BCUT2D eigenvalue weighted by atomic mass is 32.2. The lowest BCUT2D eigenvalue weighted by atomic mass is 10.1. The first-order valence-corrected chi connectivity index (χ1v) is 9.57. The number of ether oxygens (including phenoxy) is 1. The number of amides is 1. The predicted molar refractivity (Wildman–Crippen MR) is 91.2 cm³/mol. The first-order chi connectivity index (χ1) is 11.3. The molecule has 5 nitrogen and oxygen atoms in total. The molecule has 1 N–H and O–H groups in total. The van der Waals surface area contributed by atoms with Crippen LogP contribution in [0.5, 0.6) is 5.75 Å². The Bertz CT molecular complexity index is 865. The Hall–Kier alpha value is -2.34. The summed E-state index contributed by atoms with van der Waals surface area (Å²) < 4.78 is 29.3. The number of hydrogen-bond acceptors (Lipinski definition) is 4. The monoisotopic (exact) mass is 345 g/mol. The summed E-state index contributed by atoms with van der Waals surface area (Å²) in [6.45, 7) is 2.08. The van der Waals surface area contributed by atoms with Crippen LogP contribution in [-0.4, -0.2) is 33.2 Å². The molecule has 1 atom stereocenters. The van der Waals surface area contributed by atoms with Gasteiger partial charge in [-0.15, -0.1) is 0 Å². The van der Waals surface area contributed by atoms with E-state index < -0.39 is 9.84 Å². The summed E-state index contributed by atoms with van der Waals surface area (Å²) in [4.78, 5) is 12.5. The Morgan fingerprint density at radius 3 is 2.71 bits per heavy atom. The zero-order chi connectivity index (χ0) is 17.3. The van der Waals surface area contributed by atoms with Gasteiger partial charge in [0.2, 0.25) is 0 Å². The van der Waals surface area contributed by atoms with E-state index in [4.69, 9.17) is 4.74 Å². The molecule has 0 fully saturated rings. The highest BCUT2D eigenvalue weighted by Gasteiger charge is 2.23. The van der Waals surface area contributed by atoms with Crippen molar-refractivity contribution in [2.75, 3.05) is 12.8 Å². The number of fused-ring (bicyclic) bond motifs is 1. The molecule has 0 radical (unpaired) electrons. The molecule has 6 heteroatoms. The Morgan fingerprint density at radius 1 is 1.25 bits per heavy atom. The topological polar surface area (TPSA) is 72.5 Å². The maximum absolute atomic E-state index is 12.3. The van der Waals surface area contributed by atoms with Crippen molar-refractivity contribution >= 4 is 15.7 Å². The van der Waals surface area contributed by atoms with E-state index in [0.29, 0.717) is 17.7 Å². The first kappa shape index (κ1) is 16.5. The van der Waals surface area contributed by atoms with Gasteiger partial charge in [0.05, 0.1) is 11.4 Å². The molecule has 0 aliphatic carbocycles. The number of nitrogens with one attached hydrogen (secondary N) is 1. The fourth-order valence-corrected chi connectivity index (χ4v) is 3.81. The van der Waals surface area contributed by atoms with Gasteiger partial charge < -0.3 is 10.1 Å². The Balaban J connectivity index is 1.66. The average molecular weight is 345 g/mol. The smallest absolute Gasteiger partial charge is 0.251 e. The summed E-state index contributed by atoms with van der Waals surface area (Å²) in [5.74, 6) is 0.547. The molecule has 0 saturated carbocycles. The summed E-state index contributed by atoms with van der Waals surface area (Å²) in [5.41, 5.74) is 2.09. The van der Waals surface area contributed by atoms with Crippen LogP contribution in [0.15, 0.2) is 47.4 Å². The molecular formula is C18H19NO4S. The zero-order valence-electron chi connectivity index (χ0n) is 13.6. The zero-order valence-corrected chi connectivity index (χ0v) is 14.4. The number of sulfone groups is 1. The van der Waals surface area contributed by atoms with Crippen molar-refractivity contribution in [3.8, 4) is 5.75 Å². The molecule has 1 unspecified atom stereocenters. The molecule has 1 amide bonds. The highest BCUT2D eigenvalue weighted by molar-refractivity contribution is 7.90. The van der Waals surface area contributed by atoms with Crippen LogP contribution in [-0.2, 0) is 16.3 Å². The molecule has 0 aromatic heterocycles. The van der Waals surface area contributed by atoms with Crippen molar-refractivity contribution in [1.29, 1.82) is 0 Å². The number of benzene rings is 2. The van der Waals surface area contributed by atoms with Gasteiger partial charge in [-0.05, 0) is 36.2 Å². The third-order valence-corrected chi connectivity index (χ3v) is 5.29. The second-order valence-electron chi connectivity index (χ2n) is 6.01. The highest BCUT2D eigenvalue weighted by Crippen LogP contribution is 2.27. The molecule has 3 rings (SSSR count). The number of para-hydroxylation sites is 1. The van der Waals surface area contributed by atoms with Gasteiger partial charge in [-0.1, -0.05) is 24.3 Å². The molecule has 126 valence electrons. The maximum Gasteiger partial charge on any atom is 0.251 e. The van der Waals surface area contributed by atoms with Gasteiger partial charge in [-0.2, -0.15) is 0 Å². The lowest BCUT2D eigenvalue weighted by Gasteiger charge is -2.13. The number of carbonyl (C=O) groups excluding carboxylic acids is 1. The van der Waals surface area contributed by atoms with Gasteiger partial charge in [0.1, 0.15) is 11.9 Å². The normalized spacial score (nSPS) is 16.3. The van der Waals surface area contributed by atoms with Crippen molar-refractivity contribution < 1.29 is 17.9 Å². The Labute approximate surface area is 141 Å². The van der Waals surface area contributed by atoms with Crippen molar-refractivity contribution in [2.24, 2.45) is 0 Å². The summed E-state index contributed by atoms with van der Waals surface area (Å²) in [6, 6.07) is 12.5. The van der Waals surface area contributed by atoms with Crippen LogP contribution in [0.3, 0.4) is 0 Å². The largest absolute Gasteiger partial charge is 0.488 e. The third-order valence-electron chi connectivity index (χ3n) is 4.05. The lowest BCUT2D eigenvalue weighted by Crippen LogP contribution is -2.34. The Morgan fingerprint density at radius 2 is 2.00 bits per heavy atom. The standard InChI is InChI=1S/C18H19NO4S/c1-12-7-8-14(10-17(12)24(2,21)22)18(20)19-11-15-9-13-5-3-4-6-16(13)23-15/h3-8,10,15H,9,11H2,1-2H3,(H,19,20). The molecule has 0 saturated heterocycles. The molecule has 1 heterocycles. The van der Waals surface area contributed by atoms with Crippen LogP contribution in [0, 0.1) is 6.92 Å². The second-order valence-corrected chi connectivity index (χ2v) is 8.00. The fraction of sp³-hybridized carbons (Fsp3) is 0.278. The summed E-state index contributed by atoms with van der Waals surface area (Å²) in [6.07, 6.45) is 1.78. The van der Waals surface area contributed by atoms with Gasteiger partial charge in [-0.25, -0.2) is 8.42 Å². The lowest BCUT2D eigenvalue weighted by molar-refractivity contribution is 0.0933. The van der Waals surface area contributed by atoms with Gasteiger partial charge in [-0.3, -0.25) is 4.79 Å². The number of carbonyl (C=O) groups is 1. The molecule has 2 aromatic carbocycles. The molecule has 1 aliphatic heterocycles. The van der Waals surface area contributed by atoms with E-state index >= 15 is 0 Å². The number of aryl methyl sites for hydroxylation is 1. The minimum absolute atomic E-state index is 0.105. The van der Waals surface area contributed by atoms with Crippen LogP contribution < -0.4 is 10.1 Å². The van der Waals surface area contributed by atoms with Gasteiger partial charge in [0.15, 0.2) is 9.84 Å². The van der Waals surface area contributed by atoms with Crippen LogP contribution in [0.25, 0.3) is 0 Å². The van der Waals surface area contributed by atoms with E-state index in [1.807, 2.05) is 24.3 Å². The maximum atomic E-state index is 12.3. The van der Waals surface area contributed by atoms with Gasteiger partial charge >= 0.3 is 0 Å².